The van der Waals surface area contributed by atoms with Gasteiger partial charge in [-0.2, -0.15) is 0 Å². The second-order valence-electron chi connectivity index (χ2n) is 7.00. The van der Waals surface area contributed by atoms with Gasteiger partial charge in [0.25, 0.3) is 0 Å². The lowest BCUT2D eigenvalue weighted by Crippen LogP contribution is -2.24. The molecule has 0 spiro atoms. The fraction of sp³-hybridized carbons (Fsp3) is 0.381. The van der Waals surface area contributed by atoms with Crippen LogP contribution in [0.1, 0.15) is 31.2 Å². The molecule has 1 fully saturated rings. The molecule has 1 amide bonds. The molecule has 1 aliphatic rings. The largest absolute Gasteiger partial charge is 0.497 e. The van der Waals surface area contributed by atoms with Gasteiger partial charge in [0.15, 0.2) is 5.13 Å². The van der Waals surface area contributed by atoms with Crippen molar-refractivity contribution in [1.82, 2.24) is 9.97 Å². The Morgan fingerprint density at radius 3 is 2.71 bits per heavy atom. The van der Waals surface area contributed by atoms with Crippen LogP contribution in [0.2, 0.25) is 0 Å². The van der Waals surface area contributed by atoms with Gasteiger partial charge in [-0.25, -0.2) is 9.97 Å². The van der Waals surface area contributed by atoms with Crippen molar-refractivity contribution in [3.8, 4) is 5.75 Å². The number of carbonyl (C=O) groups is 1. The number of anilines is 2. The summed E-state index contributed by atoms with van der Waals surface area (Å²) in [5.74, 6) is 1.70. The van der Waals surface area contributed by atoms with Gasteiger partial charge in [0.1, 0.15) is 11.6 Å². The van der Waals surface area contributed by atoms with Gasteiger partial charge >= 0.3 is 0 Å². The predicted molar refractivity (Wildman–Crippen MR) is 113 cm³/mol. The molecule has 1 N–H and O–H groups in total. The number of amides is 1. The van der Waals surface area contributed by atoms with E-state index in [1.807, 2.05) is 36.5 Å². The average Bonchev–Trinajstić information content (AvgIpc) is 2.90. The number of thiazole rings is 1. The van der Waals surface area contributed by atoms with Gasteiger partial charge < -0.3 is 15.0 Å². The van der Waals surface area contributed by atoms with E-state index in [1.165, 1.54) is 37.0 Å². The molecule has 1 aliphatic heterocycles. The number of fused-ring (bicyclic) bond motifs is 1. The standard InChI is InChI=1S/C21H24N4O2S/c1-27-16-7-8-17-18(13-16)28-21(23-17)24-20(26)12-15-6-9-19(22-14-15)25-10-4-2-3-5-11-25/h6-9,13-14H,2-5,10-12H2,1H3,(H,23,24,26). The first kappa shape index (κ1) is 18.7. The Bertz CT molecular complexity index is 947. The smallest absolute Gasteiger partial charge is 0.230 e. The zero-order valence-electron chi connectivity index (χ0n) is 16.0. The third-order valence-electron chi connectivity index (χ3n) is 4.95. The summed E-state index contributed by atoms with van der Waals surface area (Å²) in [5.41, 5.74) is 1.75. The van der Waals surface area contributed by atoms with Crippen LogP contribution >= 0.6 is 11.3 Å². The molecule has 0 bridgehead atoms. The molecular weight excluding hydrogens is 372 g/mol. The van der Waals surface area contributed by atoms with Crippen LogP contribution in [0.5, 0.6) is 5.75 Å². The normalized spacial score (nSPS) is 14.7. The Balaban J connectivity index is 1.38. The van der Waals surface area contributed by atoms with Crippen LogP contribution in [0.15, 0.2) is 36.5 Å². The molecule has 2 aromatic heterocycles. The number of methoxy groups -OCH3 is 1. The fourth-order valence-electron chi connectivity index (χ4n) is 3.44. The maximum atomic E-state index is 12.4. The van der Waals surface area contributed by atoms with E-state index >= 15 is 0 Å². The highest BCUT2D eigenvalue weighted by atomic mass is 32.1. The molecule has 28 heavy (non-hydrogen) atoms. The monoisotopic (exact) mass is 396 g/mol. The number of hydrogen-bond acceptors (Lipinski definition) is 6. The van der Waals surface area contributed by atoms with Gasteiger partial charge in [-0.15, -0.1) is 0 Å². The lowest BCUT2D eigenvalue weighted by atomic mass is 10.2. The number of hydrogen-bond donors (Lipinski definition) is 1. The second kappa shape index (κ2) is 8.56. The molecule has 0 radical (unpaired) electrons. The Kier molecular flexibility index (Phi) is 5.71. The lowest BCUT2D eigenvalue weighted by Gasteiger charge is -2.21. The van der Waals surface area contributed by atoms with E-state index in [4.69, 9.17) is 4.74 Å². The van der Waals surface area contributed by atoms with Crippen molar-refractivity contribution in [2.45, 2.75) is 32.1 Å². The SMILES string of the molecule is COc1ccc2nc(NC(=O)Cc3ccc(N4CCCCCC4)nc3)sc2c1. The summed E-state index contributed by atoms with van der Waals surface area (Å²) in [5, 5.41) is 3.49. The van der Waals surface area contributed by atoms with E-state index in [1.54, 1.807) is 7.11 Å². The van der Waals surface area contributed by atoms with E-state index in [0.717, 1.165) is 40.4 Å². The van der Waals surface area contributed by atoms with Crippen molar-refractivity contribution in [3.05, 3.63) is 42.1 Å². The first-order valence-electron chi connectivity index (χ1n) is 9.65. The van der Waals surface area contributed by atoms with Crippen molar-refractivity contribution >= 4 is 38.4 Å². The molecule has 146 valence electrons. The molecule has 0 atom stereocenters. The van der Waals surface area contributed by atoms with Gasteiger partial charge in [0.2, 0.25) is 5.91 Å². The molecule has 1 aromatic carbocycles. The molecule has 7 heteroatoms. The first-order valence-corrected chi connectivity index (χ1v) is 10.5. The maximum absolute atomic E-state index is 12.4. The van der Waals surface area contributed by atoms with Crippen molar-refractivity contribution < 1.29 is 9.53 Å². The second-order valence-corrected chi connectivity index (χ2v) is 8.03. The molecule has 0 unspecified atom stereocenters. The minimum atomic E-state index is -0.0876. The predicted octanol–water partition coefficient (Wildman–Crippen LogP) is 4.26. The van der Waals surface area contributed by atoms with Crippen LogP contribution < -0.4 is 15.0 Å². The average molecular weight is 397 g/mol. The highest BCUT2D eigenvalue weighted by Crippen LogP contribution is 2.29. The van der Waals surface area contributed by atoms with E-state index in [-0.39, 0.29) is 12.3 Å². The molecule has 1 saturated heterocycles. The maximum Gasteiger partial charge on any atom is 0.230 e. The van der Waals surface area contributed by atoms with E-state index in [9.17, 15) is 4.79 Å². The minimum Gasteiger partial charge on any atom is -0.497 e. The lowest BCUT2D eigenvalue weighted by molar-refractivity contribution is -0.115. The molecule has 3 aromatic rings. The van der Waals surface area contributed by atoms with Crippen LogP contribution in [0.3, 0.4) is 0 Å². The number of nitrogens with one attached hydrogen (secondary N) is 1. The highest BCUT2D eigenvalue weighted by Gasteiger charge is 2.13. The quantitative estimate of drug-likeness (QED) is 0.698. The summed E-state index contributed by atoms with van der Waals surface area (Å²) in [7, 11) is 1.64. The zero-order valence-corrected chi connectivity index (χ0v) is 16.8. The number of ether oxygens (including phenoxy) is 1. The summed E-state index contributed by atoms with van der Waals surface area (Å²) >= 11 is 1.44. The van der Waals surface area contributed by atoms with Crippen molar-refractivity contribution in [2.75, 3.05) is 30.4 Å². The number of benzene rings is 1. The summed E-state index contributed by atoms with van der Waals surface area (Å²) in [6.45, 7) is 2.13. The van der Waals surface area contributed by atoms with Gasteiger partial charge in [-0.1, -0.05) is 30.2 Å². The van der Waals surface area contributed by atoms with Crippen molar-refractivity contribution in [2.24, 2.45) is 0 Å². The van der Waals surface area contributed by atoms with E-state index < -0.39 is 0 Å². The Hall–Kier alpha value is -2.67. The van der Waals surface area contributed by atoms with Gasteiger partial charge in [0, 0.05) is 19.3 Å². The van der Waals surface area contributed by atoms with Gasteiger partial charge in [-0.3, -0.25) is 4.79 Å². The Labute approximate surface area is 168 Å². The molecular formula is C21H24N4O2S. The molecule has 0 aliphatic carbocycles. The zero-order chi connectivity index (χ0) is 19.3. The highest BCUT2D eigenvalue weighted by molar-refractivity contribution is 7.22. The minimum absolute atomic E-state index is 0.0876. The van der Waals surface area contributed by atoms with Gasteiger partial charge in [0.05, 0.1) is 23.7 Å². The van der Waals surface area contributed by atoms with Crippen molar-refractivity contribution in [1.29, 1.82) is 0 Å². The summed E-state index contributed by atoms with van der Waals surface area (Å²) < 4.78 is 6.22. The van der Waals surface area contributed by atoms with Crippen LogP contribution in [0.4, 0.5) is 10.9 Å². The van der Waals surface area contributed by atoms with Crippen LogP contribution in [0, 0.1) is 0 Å². The molecule has 3 heterocycles. The summed E-state index contributed by atoms with van der Waals surface area (Å²) in [6, 6.07) is 9.71. The van der Waals surface area contributed by atoms with E-state index in [0.29, 0.717) is 5.13 Å². The van der Waals surface area contributed by atoms with Crippen LogP contribution in [-0.2, 0) is 11.2 Å². The molecule has 6 nitrogen and oxygen atoms in total. The number of carbonyl (C=O) groups excluding carboxylic acids is 1. The number of nitrogens with zero attached hydrogens (tertiary/aromatic N) is 3. The number of pyridine rings is 1. The van der Waals surface area contributed by atoms with Crippen molar-refractivity contribution in [3.63, 3.8) is 0 Å². The third-order valence-corrected chi connectivity index (χ3v) is 5.88. The fourth-order valence-corrected chi connectivity index (χ4v) is 4.35. The summed E-state index contributed by atoms with van der Waals surface area (Å²) in [6.07, 6.45) is 7.13. The topological polar surface area (TPSA) is 67.3 Å². The third kappa shape index (κ3) is 4.42. The molecule has 4 rings (SSSR count). The number of aromatic nitrogens is 2. The van der Waals surface area contributed by atoms with Crippen LogP contribution in [0.25, 0.3) is 10.2 Å². The Morgan fingerprint density at radius 1 is 1.18 bits per heavy atom. The van der Waals surface area contributed by atoms with Gasteiger partial charge in [-0.05, 0) is 42.7 Å². The molecule has 0 saturated carbocycles. The first-order chi connectivity index (χ1) is 13.7. The Morgan fingerprint density at radius 2 is 2.00 bits per heavy atom. The summed E-state index contributed by atoms with van der Waals surface area (Å²) in [4.78, 5) is 23.8. The van der Waals surface area contributed by atoms with Crippen LogP contribution in [-0.4, -0.2) is 36.1 Å². The number of rotatable bonds is 5. The van der Waals surface area contributed by atoms with E-state index in [2.05, 4.69) is 20.2 Å².